The van der Waals surface area contributed by atoms with Gasteiger partial charge >= 0.3 is 0 Å². The largest absolute Gasteiger partial charge is 0.207 e. The van der Waals surface area contributed by atoms with Crippen molar-refractivity contribution in [2.45, 2.75) is 0 Å². The van der Waals surface area contributed by atoms with Gasteiger partial charge in [-0.25, -0.2) is 4.39 Å². The van der Waals surface area contributed by atoms with E-state index in [9.17, 15) is 4.39 Å². The summed E-state index contributed by atoms with van der Waals surface area (Å²) in [6.45, 7) is 0. The molecule has 0 aliphatic rings. The average molecular weight is 549 g/mol. The zero-order valence-electron chi connectivity index (χ0n) is 23.3. The molecule has 0 heterocycles. The van der Waals surface area contributed by atoms with Gasteiger partial charge in [0.25, 0.3) is 0 Å². The van der Waals surface area contributed by atoms with E-state index in [1.165, 1.54) is 54.6 Å². The minimum absolute atomic E-state index is 0.218. The molecule has 0 bridgehead atoms. The average Bonchev–Trinajstić information content (AvgIpc) is 3.06. The molecule has 200 valence electrons. The van der Waals surface area contributed by atoms with E-state index >= 15 is 0 Å². The lowest BCUT2D eigenvalue weighted by Crippen LogP contribution is -1.92. The molecule has 0 aromatic heterocycles. The molecule has 0 N–H and O–H groups in total. The maximum absolute atomic E-state index is 14.8. The van der Waals surface area contributed by atoms with E-state index in [0.717, 1.165) is 32.3 Å². The summed E-state index contributed by atoms with van der Waals surface area (Å²) in [4.78, 5) is 0. The Labute approximate surface area is 248 Å². The highest BCUT2D eigenvalue weighted by atomic mass is 19.1. The van der Waals surface area contributed by atoms with E-state index in [2.05, 4.69) is 133 Å². The smallest absolute Gasteiger partial charge is 0.123 e. The summed E-state index contributed by atoms with van der Waals surface area (Å²) >= 11 is 0. The first-order chi connectivity index (χ1) is 21.2. The van der Waals surface area contributed by atoms with Crippen molar-refractivity contribution in [3.63, 3.8) is 0 Å². The van der Waals surface area contributed by atoms with Gasteiger partial charge in [0.15, 0.2) is 0 Å². The zero-order valence-corrected chi connectivity index (χ0v) is 23.3. The van der Waals surface area contributed by atoms with Crippen molar-refractivity contribution < 1.29 is 4.39 Å². The van der Waals surface area contributed by atoms with Gasteiger partial charge in [-0.15, -0.1) is 0 Å². The molecule has 0 unspecified atom stereocenters. The maximum Gasteiger partial charge on any atom is 0.123 e. The fourth-order valence-electron chi connectivity index (χ4n) is 7.16. The van der Waals surface area contributed by atoms with Crippen LogP contribution < -0.4 is 0 Å². The molecule has 0 atom stereocenters. The van der Waals surface area contributed by atoms with Crippen LogP contribution in [0.25, 0.3) is 86.9 Å². The van der Waals surface area contributed by atoms with Crippen molar-refractivity contribution in [1.82, 2.24) is 0 Å². The molecule has 0 aliphatic carbocycles. The molecule has 1 heteroatoms. The van der Waals surface area contributed by atoms with E-state index in [1.807, 2.05) is 6.07 Å². The number of rotatable bonds is 2. The zero-order chi connectivity index (χ0) is 28.5. The van der Waals surface area contributed by atoms with Crippen LogP contribution in [0, 0.1) is 5.82 Å². The molecule has 9 rings (SSSR count). The van der Waals surface area contributed by atoms with Gasteiger partial charge in [0.2, 0.25) is 0 Å². The van der Waals surface area contributed by atoms with Gasteiger partial charge in [0, 0.05) is 0 Å². The molecule has 0 amide bonds. The third-order valence-electron chi connectivity index (χ3n) is 9.03. The van der Waals surface area contributed by atoms with Crippen LogP contribution in [0.15, 0.2) is 152 Å². The molecule has 9 aromatic rings. The number of hydrogen-bond acceptors (Lipinski definition) is 0. The summed E-state index contributed by atoms with van der Waals surface area (Å²) in [6, 6.07) is 53.1. The second-order valence-electron chi connectivity index (χ2n) is 11.4. The lowest BCUT2D eigenvalue weighted by atomic mass is 9.83. The number of hydrogen-bond donors (Lipinski definition) is 0. The number of fused-ring (bicyclic) bond motifs is 9. The third kappa shape index (κ3) is 3.62. The van der Waals surface area contributed by atoms with Crippen molar-refractivity contribution in [2.75, 3.05) is 0 Å². The topological polar surface area (TPSA) is 0 Å². The fraction of sp³-hybridized carbons (Fsp3) is 0. The summed E-state index contributed by atoms with van der Waals surface area (Å²) in [7, 11) is 0. The molecule has 0 nitrogen and oxygen atoms in total. The Bertz CT molecular complexity index is 2550. The van der Waals surface area contributed by atoms with Gasteiger partial charge < -0.3 is 0 Å². The van der Waals surface area contributed by atoms with Crippen LogP contribution in [0.1, 0.15) is 0 Å². The third-order valence-corrected chi connectivity index (χ3v) is 9.03. The number of halogens is 1. The lowest BCUT2D eigenvalue weighted by molar-refractivity contribution is 0.630. The minimum atomic E-state index is -0.218. The Morgan fingerprint density at radius 2 is 0.698 bits per heavy atom. The van der Waals surface area contributed by atoms with Crippen LogP contribution in [0.4, 0.5) is 4.39 Å². The first-order valence-electron chi connectivity index (χ1n) is 14.7. The van der Waals surface area contributed by atoms with E-state index in [-0.39, 0.29) is 5.82 Å². The summed E-state index contributed by atoms with van der Waals surface area (Å²) in [5, 5.41) is 13.7. The standard InChI is InChI=1S/C42H25F/c43-30-19-20-31-36(23-30)34-21-28-15-7-8-16-29(28)22-35(34)38-25-40-39(24-37(31)38)41(26-11-3-1-4-12-26)32-17-9-10-18-33(32)42(40)27-13-5-2-6-14-27/h1-25H. The molecular weight excluding hydrogens is 523 g/mol. The fourth-order valence-corrected chi connectivity index (χ4v) is 7.16. The molecule has 0 saturated heterocycles. The van der Waals surface area contributed by atoms with E-state index < -0.39 is 0 Å². The molecule has 43 heavy (non-hydrogen) atoms. The normalized spacial score (nSPS) is 11.8. The molecular formula is C42H25F. The van der Waals surface area contributed by atoms with Crippen LogP contribution in [-0.4, -0.2) is 0 Å². The molecule has 0 saturated carbocycles. The highest BCUT2D eigenvalue weighted by molar-refractivity contribution is 6.32. The van der Waals surface area contributed by atoms with Crippen LogP contribution in [-0.2, 0) is 0 Å². The van der Waals surface area contributed by atoms with E-state index in [1.54, 1.807) is 12.1 Å². The molecule has 0 radical (unpaired) electrons. The second-order valence-corrected chi connectivity index (χ2v) is 11.4. The van der Waals surface area contributed by atoms with Gasteiger partial charge in [-0.3, -0.25) is 0 Å². The highest BCUT2D eigenvalue weighted by Crippen LogP contribution is 2.47. The summed E-state index contributed by atoms with van der Waals surface area (Å²) in [5.74, 6) is -0.218. The predicted octanol–water partition coefficient (Wildman–Crippen LogP) is 12.1. The second kappa shape index (κ2) is 9.24. The van der Waals surface area contributed by atoms with Crippen molar-refractivity contribution in [1.29, 1.82) is 0 Å². The van der Waals surface area contributed by atoms with Crippen molar-refractivity contribution in [3.05, 3.63) is 157 Å². The van der Waals surface area contributed by atoms with Gasteiger partial charge in [-0.05, 0) is 123 Å². The van der Waals surface area contributed by atoms with Gasteiger partial charge in [0.05, 0.1) is 0 Å². The Morgan fingerprint density at radius 1 is 0.279 bits per heavy atom. The quantitative estimate of drug-likeness (QED) is 0.149. The molecule has 0 spiro atoms. The Kier molecular flexibility index (Phi) is 5.18. The maximum atomic E-state index is 14.8. The Morgan fingerprint density at radius 3 is 1.23 bits per heavy atom. The van der Waals surface area contributed by atoms with Crippen LogP contribution in [0.2, 0.25) is 0 Å². The van der Waals surface area contributed by atoms with Crippen LogP contribution >= 0.6 is 0 Å². The molecule has 0 fully saturated rings. The summed E-state index contributed by atoms with van der Waals surface area (Å²) < 4.78 is 14.8. The monoisotopic (exact) mass is 548 g/mol. The minimum Gasteiger partial charge on any atom is -0.207 e. The van der Waals surface area contributed by atoms with Crippen LogP contribution in [0.3, 0.4) is 0 Å². The lowest BCUT2D eigenvalue weighted by Gasteiger charge is -2.20. The Hall–Kier alpha value is -5.53. The predicted molar refractivity (Wildman–Crippen MR) is 182 cm³/mol. The van der Waals surface area contributed by atoms with Gasteiger partial charge in [-0.1, -0.05) is 115 Å². The van der Waals surface area contributed by atoms with Crippen LogP contribution in [0.5, 0.6) is 0 Å². The molecule has 0 aliphatic heterocycles. The first kappa shape index (κ1) is 24.1. The Balaban J connectivity index is 1.58. The van der Waals surface area contributed by atoms with Gasteiger partial charge in [0.1, 0.15) is 5.82 Å². The van der Waals surface area contributed by atoms with Crippen molar-refractivity contribution in [2.24, 2.45) is 0 Å². The van der Waals surface area contributed by atoms with E-state index in [0.29, 0.717) is 0 Å². The van der Waals surface area contributed by atoms with Crippen molar-refractivity contribution >= 4 is 64.6 Å². The molecule has 9 aromatic carbocycles. The van der Waals surface area contributed by atoms with Crippen molar-refractivity contribution in [3.8, 4) is 22.3 Å². The van der Waals surface area contributed by atoms with E-state index in [4.69, 9.17) is 0 Å². The first-order valence-corrected chi connectivity index (χ1v) is 14.7. The summed E-state index contributed by atoms with van der Waals surface area (Å²) in [6.07, 6.45) is 0. The highest BCUT2D eigenvalue weighted by Gasteiger charge is 2.19. The summed E-state index contributed by atoms with van der Waals surface area (Å²) in [5.41, 5.74) is 4.84. The number of benzene rings is 9. The SMILES string of the molecule is Fc1ccc2c(c1)c1cc3ccccc3cc1c1cc3c(-c4ccccc4)c4ccccc4c(-c4ccccc4)c3cc21. The van der Waals surface area contributed by atoms with Gasteiger partial charge in [-0.2, -0.15) is 0 Å².